The molecule has 1 amide bonds. The minimum absolute atomic E-state index is 0.368. The predicted molar refractivity (Wildman–Crippen MR) is 80.3 cm³/mol. The highest BCUT2D eigenvalue weighted by molar-refractivity contribution is 7.98. The van der Waals surface area contributed by atoms with Crippen molar-refractivity contribution in [3.8, 4) is 0 Å². The normalized spacial score (nSPS) is 11.7. The third-order valence-corrected chi connectivity index (χ3v) is 3.58. The van der Waals surface area contributed by atoms with Gasteiger partial charge >= 0.3 is 5.97 Å². The molecule has 1 aromatic heterocycles. The van der Waals surface area contributed by atoms with Gasteiger partial charge in [-0.3, -0.25) is 4.79 Å². The first-order valence-electron chi connectivity index (χ1n) is 6.21. The fourth-order valence-electron chi connectivity index (χ4n) is 1.87. The molecule has 2 rings (SSSR count). The summed E-state index contributed by atoms with van der Waals surface area (Å²) in [5.41, 5.74) is 0.889. The lowest BCUT2D eigenvalue weighted by atomic mass is 10.1. The maximum absolute atomic E-state index is 12.3. The summed E-state index contributed by atoms with van der Waals surface area (Å²) in [6.45, 7) is 0. The number of hydrogen-bond acceptors (Lipinski definition) is 4. The minimum Gasteiger partial charge on any atom is -0.479 e. The van der Waals surface area contributed by atoms with Crippen molar-refractivity contribution in [2.24, 2.45) is 0 Å². The van der Waals surface area contributed by atoms with E-state index in [9.17, 15) is 14.7 Å². The van der Waals surface area contributed by atoms with Crippen LogP contribution in [-0.2, 0) is 4.79 Å². The van der Waals surface area contributed by atoms with Crippen molar-refractivity contribution < 1.29 is 14.7 Å². The summed E-state index contributed by atoms with van der Waals surface area (Å²) in [6.07, 6.45) is 3.40. The number of carbonyl (C=O) groups is 2. The molecular formula is C15H14N2O3S. The molecule has 0 aliphatic rings. The van der Waals surface area contributed by atoms with Gasteiger partial charge in [-0.15, -0.1) is 11.8 Å². The zero-order valence-corrected chi connectivity index (χ0v) is 12.1. The van der Waals surface area contributed by atoms with Gasteiger partial charge in [-0.1, -0.05) is 30.3 Å². The van der Waals surface area contributed by atoms with Crippen molar-refractivity contribution in [1.82, 2.24) is 10.3 Å². The van der Waals surface area contributed by atoms with E-state index in [2.05, 4.69) is 10.3 Å². The molecule has 1 aromatic carbocycles. The predicted octanol–water partition coefficient (Wildman–Crippen LogP) is 2.36. The van der Waals surface area contributed by atoms with Gasteiger partial charge < -0.3 is 10.4 Å². The molecule has 108 valence electrons. The number of thioether (sulfide) groups is 1. The first-order valence-corrected chi connectivity index (χ1v) is 7.43. The van der Waals surface area contributed by atoms with Crippen LogP contribution in [-0.4, -0.2) is 28.2 Å². The van der Waals surface area contributed by atoms with E-state index in [0.717, 1.165) is 0 Å². The number of amides is 1. The molecule has 21 heavy (non-hydrogen) atoms. The summed E-state index contributed by atoms with van der Waals surface area (Å²) in [5.74, 6) is -1.56. The topological polar surface area (TPSA) is 79.3 Å². The number of nitrogens with one attached hydrogen (secondary N) is 1. The van der Waals surface area contributed by atoms with Crippen LogP contribution in [0.15, 0.2) is 53.7 Å². The molecule has 1 atom stereocenters. The third-order valence-electron chi connectivity index (χ3n) is 2.86. The third kappa shape index (κ3) is 3.61. The molecule has 1 unspecified atom stereocenters. The second-order valence-electron chi connectivity index (χ2n) is 4.22. The van der Waals surface area contributed by atoms with Crippen molar-refractivity contribution in [2.75, 3.05) is 6.26 Å². The van der Waals surface area contributed by atoms with Crippen molar-refractivity contribution in [3.63, 3.8) is 0 Å². The smallest absolute Gasteiger partial charge is 0.330 e. The van der Waals surface area contributed by atoms with Crippen molar-refractivity contribution in [3.05, 3.63) is 59.8 Å². The molecule has 0 spiro atoms. The molecule has 0 saturated carbocycles. The van der Waals surface area contributed by atoms with Gasteiger partial charge in [0.15, 0.2) is 6.04 Å². The van der Waals surface area contributed by atoms with Gasteiger partial charge in [0.25, 0.3) is 5.91 Å². The van der Waals surface area contributed by atoms with Gasteiger partial charge in [-0.2, -0.15) is 0 Å². The summed E-state index contributed by atoms with van der Waals surface area (Å²) in [7, 11) is 0. The number of carboxylic acids is 1. The lowest BCUT2D eigenvalue weighted by Gasteiger charge is -2.15. The Kier molecular flexibility index (Phi) is 4.94. The van der Waals surface area contributed by atoms with Crippen LogP contribution in [0.2, 0.25) is 0 Å². The molecule has 2 N–H and O–H groups in total. The molecule has 0 radical (unpaired) electrons. The zero-order valence-electron chi connectivity index (χ0n) is 11.3. The van der Waals surface area contributed by atoms with Crippen LogP contribution in [0.25, 0.3) is 0 Å². The second kappa shape index (κ2) is 6.90. The van der Waals surface area contributed by atoms with E-state index < -0.39 is 17.9 Å². The Hall–Kier alpha value is -2.34. The van der Waals surface area contributed by atoms with E-state index in [0.29, 0.717) is 16.2 Å². The highest BCUT2D eigenvalue weighted by atomic mass is 32.2. The Morgan fingerprint density at radius 3 is 2.52 bits per heavy atom. The Labute approximate surface area is 126 Å². The number of nitrogens with zero attached hydrogens (tertiary/aromatic N) is 1. The minimum atomic E-state index is -1.11. The van der Waals surface area contributed by atoms with E-state index in [1.54, 1.807) is 48.7 Å². The van der Waals surface area contributed by atoms with Gasteiger partial charge in [0, 0.05) is 6.20 Å². The summed E-state index contributed by atoms with van der Waals surface area (Å²) < 4.78 is 0. The second-order valence-corrected chi connectivity index (χ2v) is 5.01. The van der Waals surface area contributed by atoms with Crippen LogP contribution in [0, 0.1) is 0 Å². The van der Waals surface area contributed by atoms with E-state index in [1.807, 2.05) is 6.26 Å². The quantitative estimate of drug-likeness (QED) is 0.829. The molecule has 0 aliphatic heterocycles. The number of carboxylic acid groups (broad SMARTS) is 1. The number of pyridine rings is 1. The van der Waals surface area contributed by atoms with Crippen LogP contribution < -0.4 is 5.32 Å². The van der Waals surface area contributed by atoms with Crippen LogP contribution >= 0.6 is 11.8 Å². The Bertz CT molecular complexity index is 646. The first kappa shape index (κ1) is 15.1. The SMILES string of the molecule is CSc1ncccc1C(=O)NC(C(=O)O)c1ccccc1. The monoisotopic (exact) mass is 302 g/mol. The lowest BCUT2D eigenvalue weighted by molar-refractivity contribution is -0.139. The largest absolute Gasteiger partial charge is 0.479 e. The zero-order chi connectivity index (χ0) is 15.2. The van der Waals surface area contributed by atoms with Crippen molar-refractivity contribution in [2.45, 2.75) is 11.1 Å². The summed E-state index contributed by atoms with van der Waals surface area (Å²) in [6, 6.07) is 10.8. The van der Waals surface area contributed by atoms with Crippen molar-refractivity contribution >= 4 is 23.6 Å². The molecule has 1 heterocycles. The Balaban J connectivity index is 2.25. The molecule has 2 aromatic rings. The fraction of sp³-hybridized carbons (Fsp3) is 0.133. The molecule has 0 aliphatic carbocycles. The maximum Gasteiger partial charge on any atom is 0.330 e. The number of aliphatic carboxylic acids is 1. The first-order chi connectivity index (χ1) is 10.1. The van der Waals surface area contributed by atoms with Crippen LogP contribution in [0.3, 0.4) is 0 Å². The summed E-state index contributed by atoms with van der Waals surface area (Å²) in [5, 5.41) is 12.4. The summed E-state index contributed by atoms with van der Waals surface area (Å²) in [4.78, 5) is 27.8. The van der Waals surface area contributed by atoms with Gasteiger partial charge in [0.2, 0.25) is 0 Å². The van der Waals surface area contributed by atoms with Crippen LogP contribution in [0.5, 0.6) is 0 Å². The van der Waals surface area contributed by atoms with Gasteiger partial charge in [-0.25, -0.2) is 9.78 Å². The highest BCUT2D eigenvalue weighted by Crippen LogP contribution is 2.19. The van der Waals surface area contributed by atoms with Gasteiger partial charge in [0.1, 0.15) is 5.03 Å². The van der Waals surface area contributed by atoms with Crippen LogP contribution in [0.1, 0.15) is 22.0 Å². The number of benzene rings is 1. The Morgan fingerprint density at radius 2 is 1.90 bits per heavy atom. The van der Waals surface area contributed by atoms with E-state index >= 15 is 0 Å². The fourth-order valence-corrected chi connectivity index (χ4v) is 2.42. The molecule has 0 saturated heterocycles. The van der Waals surface area contributed by atoms with E-state index in [4.69, 9.17) is 0 Å². The van der Waals surface area contributed by atoms with Gasteiger partial charge in [0.05, 0.1) is 5.56 Å². The van der Waals surface area contributed by atoms with E-state index in [-0.39, 0.29) is 0 Å². The number of rotatable bonds is 5. The van der Waals surface area contributed by atoms with Crippen molar-refractivity contribution in [1.29, 1.82) is 0 Å². The molecule has 5 nitrogen and oxygen atoms in total. The molecule has 0 bridgehead atoms. The molecule has 0 fully saturated rings. The molecule has 6 heteroatoms. The lowest BCUT2D eigenvalue weighted by Crippen LogP contribution is -2.34. The van der Waals surface area contributed by atoms with Gasteiger partial charge in [-0.05, 0) is 24.0 Å². The maximum atomic E-state index is 12.3. The number of hydrogen-bond donors (Lipinski definition) is 2. The standard InChI is InChI=1S/C15H14N2O3S/c1-21-14-11(8-5-9-16-14)13(18)17-12(15(19)20)10-6-3-2-4-7-10/h2-9,12H,1H3,(H,17,18)(H,19,20). The Morgan fingerprint density at radius 1 is 1.19 bits per heavy atom. The summed E-state index contributed by atoms with van der Waals surface area (Å²) >= 11 is 1.34. The average Bonchev–Trinajstić information content (AvgIpc) is 2.52. The highest BCUT2D eigenvalue weighted by Gasteiger charge is 2.23. The van der Waals surface area contributed by atoms with Crippen LogP contribution in [0.4, 0.5) is 0 Å². The average molecular weight is 302 g/mol. The number of aromatic nitrogens is 1. The van der Waals surface area contributed by atoms with E-state index in [1.165, 1.54) is 11.8 Å². The number of carbonyl (C=O) groups excluding carboxylic acids is 1. The molecular weight excluding hydrogens is 288 g/mol.